The second kappa shape index (κ2) is 7.68. The molecule has 4 heteroatoms. The fourth-order valence-corrected chi connectivity index (χ4v) is 2.02. The van der Waals surface area contributed by atoms with Gasteiger partial charge in [-0.05, 0) is 18.9 Å². The maximum atomic E-state index is 12.3. The summed E-state index contributed by atoms with van der Waals surface area (Å²) in [6.45, 7) is 5.55. The molecule has 0 heterocycles. The summed E-state index contributed by atoms with van der Waals surface area (Å²) in [6, 6.07) is 9.53. The van der Waals surface area contributed by atoms with Crippen molar-refractivity contribution in [2.24, 2.45) is 0 Å². The van der Waals surface area contributed by atoms with Crippen molar-refractivity contribution < 1.29 is 9.59 Å². The van der Waals surface area contributed by atoms with Gasteiger partial charge in [0, 0.05) is 20.0 Å². The number of nitrogens with zero attached hydrogens (tertiary/aromatic N) is 1. The van der Waals surface area contributed by atoms with Gasteiger partial charge in [-0.3, -0.25) is 9.59 Å². The van der Waals surface area contributed by atoms with Gasteiger partial charge < -0.3 is 10.2 Å². The highest BCUT2D eigenvalue weighted by molar-refractivity contribution is 5.79. The van der Waals surface area contributed by atoms with Gasteiger partial charge in [-0.2, -0.15) is 0 Å². The first-order valence-electron chi connectivity index (χ1n) is 7.03. The molecule has 110 valence electrons. The fraction of sp³-hybridized carbons (Fsp3) is 0.500. The van der Waals surface area contributed by atoms with Gasteiger partial charge >= 0.3 is 0 Å². The van der Waals surface area contributed by atoms with Gasteiger partial charge in [-0.25, -0.2) is 0 Å². The second-order valence-electron chi connectivity index (χ2n) is 5.13. The van der Waals surface area contributed by atoms with Crippen molar-refractivity contribution >= 4 is 11.8 Å². The van der Waals surface area contributed by atoms with Crippen LogP contribution in [-0.2, 0) is 9.59 Å². The largest absolute Gasteiger partial charge is 0.349 e. The third kappa shape index (κ3) is 4.68. The molecule has 0 aromatic heterocycles. The molecule has 0 fully saturated rings. The molecule has 2 unspecified atom stereocenters. The second-order valence-corrected chi connectivity index (χ2v) is 5.13. The quantitative estimate of drug-likeness (QED) is 0.868. The monoisotopic (exact) mass is 276 g/mol. The Morgan fingerprint density at radius 3 is 2.35 bits per heavy atom. The van der Waals surface area contributed by atoms with Gasteiger partial charge in [-0.1, -0.05) is 37.3 Å². The van der Waals surface area contributed by atoms with E-state index in [9.17, 15) is 9.59 Å². The standard InChI is InChI=1S/C16H24N2O2/c1-5-12(2)18(4)16(20)11-15(17-13(3)19)14-9-7-6-8-10-14/h6-10,12,15H,5,11H2,1-4H3,(H,17,19). The van der Waals surface area contributed by atoms with Crippen LogP contribution in [0.2, 0.25) is 0 Å². The van der Waals surface area contributed by atoms with Crippen LogP contribution in [0.15, 0.2) is 30.3 Å². The minimum absolute atomic E-state index is 0.0435. The van der Waals surface area contributed by atoms with Crippen LogP contribution < -0.4 is 5.32 Å². The SMILES string of the molecule is CCC(C)N(C)C(=O)CC(NC(C)=O)c1ccccc1. The Balaban J connectivity index is 2.80. The minimum atomic E-state index is -0.271. The Bertz CT molecular complexity index is 445. The zero-order chi connectivity index (χ0) is 15.1. The van der Waals surface area contributed by atoms with E-state index in [4.69, 9.17) is 0 Å². The molecule has 1 aromatic carbocycles. The molecule has 0 bridgehead atoms. The maximum absolute atomic E-state index is 12.3. The van der Waals surface area contributed by atoms with E-state index in [1.165, 1.54) is 6.92 Å². The molecule has 0 radical (unpaired) electrons. The fourth-order valence-electron chi connectivity index (χ4n) is 2.02. The number of nitrogens with one attached hydrogen (secondary N) is 1. The first-order chi connectivity index (χ1) is 9.45. The summed E-state index contributed by atoms with van der Waals surface area (Å²) >= 11 is 0. The Hall–Kier alpha value is -1.84. The molecule has 1 N–H and O–H groups in total. The molecule has 1 rings (SSSR count). The first kappa shape index (κ1) is 16.2. The lowest BCUT2D eigenvalue weighted by atomic mass is 10.0. The number of amides is 2. The highest BCUT2D eigenvalue weighted by Crippen LogP contribution is 2.18. The van der Waals surface area contributed by atoms with Crippen LogP contribution in [0, 0.1) is 0 Å². The molecule has 2 atom stereocenters. The number of hydrogen-bond acceptors (Lipinski definition) is 2. The zero-order valence-corrected chi connectivity index (χ0v) is 12.7. The smallest absolute Gasteiger partial charge is 0.224 e. The van der Waals surface area contributed by atoms with Crippen molar-refractivity contribution in [3.05, 3.63) is 35.9 Å². The van der Waals surface area contributed by atoms with E-state index < -0.39 is 0 Å². The molecule has 20 heavy (non-hydrogen) atoms. The summed E-state index contributed by atoms with van der Waals surface area (Å²) in [4.78, 5) is 25.4. The molecule has 1 aromatic rings. The van der Waals surface area contributed by atoms with Crippen molar-refractivity contribution in [2.45, 2.75) is 45.7 Å². The number of hydrogen-bond donors (Lipinski definition) is 1. The van der Waals surface area contributed by atoms with Crippen molar-refractivity contribution in [1.29, 1.82) is 0 Å². The van der Waals surface area contributed by atoms with Crippen LogP contribution in [0.5, 0.6) is 0 Å². The van der Waals surface area contributed by atoms with Gasteiger partial charge in [0.15, 0.2) is 0 Å². The van der Waals surface area contributed by atoms with E-state index in [0.717, 1.165) is 12.0 Å². The summed E-state index contributed by atoms with van der Waals surface area (Å²) in [5, 5.41) is 2.85. The van der Waals surface area contributed by atoms with Gasteiger partial charge in [0.1, 0.15) is 0 Å². The van der Waals surface area contributed by atoms with E-state index in [1.54, 1.807) is 4.90 Å². The van der Waals surface area contributed by atoms with E-state index in [2.05, 4.69) is 12.2 Å². The van der Waals surface area contributed by atoms with Gasteiger partial charge in [0.25, 0.3) is 0 Å². The molecule has 0 aliphatic rings. The Kier molecular flexibility index (Phi) is 6.22. The van der Waals surface area contributed by atoms with E-state index in [0.29, 0.717) is 0 Å². The average Bonchev–Trinajstić information content (AvgIpc) is 2.45. The highest BCUT2D eigenvalue weighted by Gasteiger charge is 2.21. The molecule has 0 saturated heterocycles. The number of benzene rings is 1. The predicted molar refractivity (Wildman–Crippen MR) is 80.1 cm³/mol. The van der Waals surface area contributed by atoms with E-state index in [1.807, 2.05) is 44.3 Å². The van der Waals surface area contributed by atoms with Crippen LogP contribution in [0.25, 0.3) is 0 Å². The number of carbonyl (C=O) groups is 2. The third-order valence-electron chi connectivity index (χ3n) is 3.60. The maximum Gasteiger partial charge on any atom is 0.224 e. The molecule has 0 saturated carbocycles. The lowest BCUT2D eigenvalue weighted by Gasteiger charge is -2.26. The first-order valence-corrected chi connectivity index (χ1v) is 7.03. The van der Waals surface area contributed by atoms with Gasteiger partial charge in [0.05, 0.1) is 12.5 Å². The number of carbonyl (C=O) groups excluding carboxylic acids is 2. The van der Waals surface area contributed by atoms with Crippen LogP contribution in [-0.4, -0.2) is 29.8 Å². The van der Waals surface area contributed by atoms with Gasteiger partial charge in [0.2, 0.25) is 11.8 Å². The van der Waals surface area contributed by atoms with Crippen LogP contribution in [0.3, 0.4) is 0 Å². The summed E-state index contributed by atoms with van der Waals surface area (Å²) in [5.74, 6) is -0.0835. The highest BCUT2D eigenvalue weighted by atomic mass is 16.2. The van der Waals surface area contributed by atoms with Crippen molar-refractivity contribution in [2.75, 3.05) is 7.05 Å². The summed E-state index contributed by atoms with van der Waals surface area (Å²) in [7, 11) is 1.81. The van der Waals surface area contributed by atoms with E-state index in [-0.39, 0.29) is 30.3 Å². The lowest BCUT2D eigenvalue weighted by Crippen LogP contribution is -2.38. The molecular weight excluding hydrogens is 252 g/mol. The van der Waals surface area contributed by atoms with Crippen molar-refractivity contribution in [3.8, 4) is 0 Å². The molecule has 2 amide bonds. The van der Waals surface area contributed by atoms with Crippen molar-refractivity contribution in [1.82, 2.24) is 10.2 Å². The Morgan fingerprint density at radius 1 is 1.25 bits per heavy atom. The predicted octanol–water partition coefficient (Wildman–Crippen LogP) is 2.51. The lowest BCUT2D eigenvalue weighted by molar-refractivity contribution is -0.132. The van der Waals surface area contributed by atoms with Gasteiger partial charge in [-0.15, -0.1) is 0 Å². The summed E-state index contributed by atoms with van der Waals surface area (Å²) in [6.07, 6.45) is 1.20. The van der Waals surface area contributed by atoms with Crippen molar-refractivity contribution in [3.63, 3.8) is 0 Å². The summed E-state index contributed by atoms with van der Waals surface area (Å²) < 4.78 is 0. The number of rotatable bonds is 6. The zero-order valence-electron chi connectivity index (χ0n) is 12.7. The third-order valence-corrected chi connectivity index (χ3v) is 3.60. The molecule has 0 aliphatic heterocycles. The summed E-state index contributed by atoms with van der Waals surface area (Å²) in [5.41, 5.74) is 0.952. The normalized spacial score (nSPS) is 13.4. The van der Waals surface area contributed by atoms with Crippen LogP contribution >= 0.6 is 0 Å². The van der Waals surface area contributed by atoms with Crippen LogP contribution in [0.1, 0.15) is 45.2 Å². The average molecular weight is 276 g/mol. The minimum Gasteiger partial charge on any atom is -0.349 e. The topological polar surface area (TPSA) is 49.4 Å². The molecule has 4 nitrogen and oxygen atoms in total. The van der Waals surface area contributed by atoms with E-state index >= 15 is 0 Å². The molecular formula is C16H24N2O2. The Morgan fingerprint density at radius 2 is 1.85 bits per heavy atom. The molecule has 0 spiro atoms. The van der Waals surface area contributed by atoms with Crippen LogP contribution in [0.4, 0.5) is 0 Å². The molecule has 0 aliphatic carbocycles. The Labute approximate surface area is 121 Å².